The van der Waals surface area contributed by atoms with Gasteiger partial charge in [-0.05, 0) is 55.8 Å². The topological polar surface area (TPSA) is 45.9 Å². The zero-order valence-corrected chi connectivity index (χ0v) is 19.8. The predicted molar refractivity (Wildman–Crippen MR) is 133 cm³/mol. The van der Waals surface area contributed by atoms with Crippen molar-refractivity contribution >= 4 is 16.7 Å². The number of ether oxygens (including phenoxy) is 1. The SMILES string of the molecule is C=C1C(C)=CC(c2nc3ccc(C4CN(C)CCO4)cc3n2[C@@H](C)c2ccccc2)=NN1C. The third kappa shape index (κ3) is 4.01. The third-order valence-corrected chi connectivity index (χ3v) is 6.71. The van der Waals surface area contributed by atoms with E-state index in [0.29, 0.717) is 0 Å². The number of aromatic nitrogens is 2. The number of hydrogen-bond donors (Lipinski definition) is 0. The van der Waals surface area contributed by atoms with Crippen molar-refractivity contribution in [1.29, 1.82) is 0 Å². The smallest absolute Gasteiger partial charge is 0.162 e. The van der Waals surface area contributed by atoms with Gasteiger partial charge >= 0.3 is 0 Å². The predicted octanol–water partition coefficient (Wildman–Crippen LogP) is 4.76. The van der Waals surface area contributed by atoms with Crippen LogP contribution in [0.4, 0.5) is 0 Å². The van der Waals surface area contributed by atoms with E-state index in [1.165, 1.54) is 11.1 Å². The monoisotopic (exact) mass is 441 g/mol. The van der Waals surface area contributed by atoms with Crippen molar-refractivity contribution in [1.82, 2.24) is 19.5 Å². The zero-order valence-electron chi connectivity index (χ0n) is 19.8. The number of benzene rings is 2. The minimum absolute atomic E-state index is 0.0654. The highest BCUT2D eigenvalue weighted by atomic mass is 16.5. The number of rotatable bonds is 4. The maximum absolute atomic E-state index is 6.11. The fourth-order valence-corrected chi connectivity index (χ4v) is 4.65. The van der Waals surface area contributed by atoms with Crippen LogP contribution in [0.1, 0.15) is 42.9 Å². The molecule has 1 unspecified atom stereocenters. The van der Waals surface area contributed by atoms with Crippen molar-refractivity contribution in [3.63, 3.8) is 0 Å². The summed E-state index contributed by atoms with van der Waals surface area (Å²) >= 11 is 0. The Morgan fingerprint density at radius 1 is 1.12 bits per heavy atom. The van der Waals surface area contributed by atoms with Crippen molar-refractivity contribution in [2.75, 3.05) is 33.8 Å². The number of hydrazone groups is 1. The van der Waals surface area contributed by atoms with E-state index >= 15 is 0 Å². The second kappa shape index (κ2) is 8.61. The van der Waals surface area contributed by atoms with Gasteiger partial charge in [0, 0.05) is 20.1 Å². The molecule has 0 N–H and O–H groups in total. The quantitative estimate of drug-likeness (QED) is 0.586. The second-order valence-electron chi connectivity index (χ2n) is 9.04. The average molecular weight is 442 g/mol. The third-order valence-electron chi connectivity index (χ3n) is 6.71. The Bertz CT molecular complexity index is 1260. The molecule has 2 aliphatic rings. The van der Waals surface area contributed by atoms with E-state index in [4.69, 9.17) is 14.8 Å². The van der Waals surface area contributed by atoms with Gasteiger partial charge in [0.15, 0.2) is 5.82 Å². The molecule has 1 saturated heterocycles. The Labute approximate surface area is 195 Å². The van der Waals surface area contributed by atoms with Gasteiger partial charge in [-0.25, -0.2) is 4.98 Å². The first-order valence-electron chi connectivity index (χ1n) is 11.5. The molecule has 0 bridgehead atoms. The lowest BCUT2D eigenvalue weighted by atomic mass is 10.1. The summed E-state index contributed by atoms with van der Waals surface area (Å²) in [6.45, 7) is 11.0. The van der Waals surface area contributed by atoms with Gasteiger partial charge < -0.3 is 14.2 Å². The number of nitrogens with zero attached hydrogens (tertiary/aromatic N) is 5. The molecule has 0 radical (unpaired) electrons. The van der Waals surface area contributed by atoms with Gasteiger partial charge in [-0.2, -0.15) is 5.10 Å². The first-order valence-corrected chi connectivity index (χ1v) is 11.5. The fourth-order valence-electron chi connectivity index (χ4n) is 4.65. The van der Waals surface area contributed by atoms with Gasteiger partial charge in [0.1, 0.15) is 5.71 Å². The van der Waals surface area contributed by atoms with E-state index in [-0.39, 0.29) is 12.1 Å². The lowest BCUT2D eigenvalue weighted by Crippen LogP contribution is -2.35. The number of likely N-dealkylation sites (N-methyl/N-ethyl adjacent to an activating group) is 2. The van der Waals surface area contributed by atoms with Crippen LogP contribution < -0.4 is 0 Å². The molecule has 0 spiro atoms. The van der Waals surface area contributed by atoms with Crippen molar-refractivity contribution in [3.05, 3.63) is 89.4 Å². The second-order valence-corrected chi connectivity index (χ2v) is 9.04. The van der Waals surface area contributed by atoms with E-state index < -0.39 is 0 Å². The van der Waals surface area contributed by atoms with Gasteiger partial charge in [0.25, 0.3) is 0 Å². The number of hydrogen-bond acceptors (Lipinski definition) is 5. The molecule has 2 aromatic carbocycles. The van der Waals surface area contributed by atoms with Gasteiger partial charge in [0.05, 0.1) is 35.5 Å². The van der Waals surface area contributed by atoms with Crippen molar-refractivity contribution in [2.45, 2.75) is 26.0 Å². The van der Waals surface area contributed by atoms with E-state index in [1.54, 1.807) is 0 Å². The molecular weight excluding hydrogens is 410 g/mol. The van der Waals surface area contributed by atoms with Crippen molar-refractivity contribution < 1.29 is 4.74 Å². The zero-order chi connectivity index (χ0) is 23.1. The van der Waals surface area contributed by atoms with Crippen LogP contribution >= 0.6 is 0 Å². The minimum atomic E-state index is 0.0654. The summed E-state index contributed by atoms with van der Waals surface area (Å²) in [6.07, 6.45) is 2.15. The summed E-state index contributed by atoms with van der Waals surface area (Å²) in [5, 5.41) is 6.63. The highest BCUT2D eigenvalue weighted by Crippen LogP contribution is 2.31. The van der Waals surface area contributed by atoms with Gasteiger partial charge in [-0.3, -0.25) is 5.01 Å². The molecule has 0 saturated carbocycles. The van der Waals surface area contributed by atoms with Crippen molar-refractivity contribution in [3.8, 4) is 0 Å². The van der Waals surface area contributed by atoms with Crippen LogP contribution in [0.3, 0.4) is 0 Å². The van der Waals surface area contributed by atoms with E-state index in [1.807, 2.05) is 12.1 Å². The minimum Gasteiger partial charge on any atom is -0.371 e. The molecule has 1 fully saturated rings. The standard InChI is InChI=1S/C27H31N5O/c1-18-15-24(29-31(5)19(18)2)27-28-23-12-11-22(26-17-30(4)13-14-33-26)16-25(23)32(27)20(3)21-9-7-6-8-10-21/h6-12,15-16,20,26H,2,13-14,17H2,1,3-5H3/t20-,26?/m0/s1. The normalized spacial score (nSPS) is 20.7. The summed E-state index contributed by atoms with van der Waals surface area (Å²) in [5.74, 6) is 0.860. The van der Waals surface area contributed by atoms with E-state index in [2.05, 4.69) is 91.5 Å². The van der Waals surface area contributed by atoms with Crippen LogP contribution in [0.15, 0.2) is 77.6 Å². The number of morpholine rings is 1. The molecule has 33 heavy (non-hydrogen) atoms. The largest absolute Gasteiger partial charge is 0.371 e. The summed E-state index contributed by atoms with van der Waals surface area (Å²) in [6, 6.07) is 17.2. The van der Waals surface area contributed by atoms with Crippen LogP contribution in [0.5, 0.6) is 0 Å². The van der Waals surface area contributed by atoms with Crippen LogP contribution in [0.25, 0.3) is 11.0 Å². The molecular formula is C27H31N5O. The summed E-state index contributed by atoms with van der Waals surface area (Å²) in [5.41, 5.74) is 7.30. The molecule has 3 aromatic rings. The summed E-state index contributed by atoms with van der Waals surface area (Å²) < 4.78 is 8.42. The molecule has 170 valence electrons. The van der Waals surface area contributed by atoms with E-state index in [0.717, 1.165) is 53.5 Å². The Kier molecular flexibility index (Phi) is 5.64. The fraction of sp³-hybridized carbons (Fsp3) is 0.333. The maximum atomic E-state index is 6.11. The average Bonchev–Trinajstić information content (AvgIpc) is 3.21. The van der Waals surface area contributed by atoms with Gasteiger partial charge in [0.2, 0.25) is 0 Å². The molecule has 2 aliphatic heterocycles. The number of allylic oxidation sites excluding steroid dienone is 2. The molecule has 0 amide bonds. The maximum Gasteiger partial charge on any atom is 0.162 e. The Morgan fingerprint density at radius 2 is 1.91 bits per heavy atom. The highest BCUT2D eigenvalue weighted by Gasteiger charge is 2.25. The van der Waals surface area contributed by atoms with Crippen LogP contribution in [-0.4, -0.2) is 59.0 Å². The van der Waals surface area contributed by atoms with Crippen molar-refractivity contribution in [2.24, 2.45) is 5.10 Å². The molecule has 3 heterocycles. The molecule has 2 atom stereocenters. The van der Waals surface area contributed by atoms with Crippen LogP contribution in [-0.2, 0) is 4.74 Å². The summed E-state index contributed by atoms with van der Waals surface area (Å²) in [7, 11) is 4.08. The lowest BCUT2D eigenvalue weighted by Gasteiger charge is -2.30. The van der Waals surface area contributed by atoms with Gasteiger partial charge in [-0.1, -0.05) is 43.0 Å². The Balaban J connectivity index is 1.68. The Hall–Kier alpha value is -3.22. The Morgan fingerprint density at radius 3 is 2.64 bits per heavy atom. The molecule has 5 rings (SSSR count). The molecule has 1 aromatic heterocycles. The highest BCUT2D eigenvalue weighted by molar-refractivity contribution is 6.09. The van der Waals surface area contributed by atoms with Crippen LogP contribution in [0, 0.1) is 0 Å². The molecule has 6 heteroatoms. The van der Waals surface area contributed by atoms with Gasteiger partial charge in [-0.15, -0.1) is 0 Å². The molecule has 6 nitrogen and oxygen atoms in total. The number of imidazole rings is 1. The van der Waals surface area contributed by atoms with E-state index in [9.17, 15) is 0 Å². The number of fused-ring (bicyclic) bond motifs is 1. The summed E-state index contributed by atoms with van der Waals surface area (Å²) in [4.78, 5) is 7.38. The van der Waals surface area contributed by atoms with Crippen LogP contribution in [0.2, 0.25) is 0 Å². The first-order chi connectivity index (χ1) is 15.9. The lowest BCUT2D eigenvalue weighted by molar-refractivity contribution is -0.0208. The first kappa shape index (κ1) is 21.6. The molecule has 0 aliphatic carbocycles.